The van der Waals surface area contributed by atoms with Crippen molar-refractivity contribution in [2.24, 2.45) is 4.99 Å². The Balaban J connectivity index is 1.55. The highest BCUT2D eigenvalue weighted by molar-refractivity contribution is 6.21. The van der Waals surface area contributed by atoms with Gasteiger partial charge in [0.25, 0.3) is 5.91 Å². The van der Waals surface area contributed by atoms with Crippen molar-refractivity contribution < 1.29 is 4.79 Å². The SMILES string of the molecule is Cc1cccc(C)c1N1C(=C/C=C2/C=NC(=O)c3ccnnc32)N(c2c(C)cccc2C)c2nc3ccccc3nc21. The number of aromatic nitrogens is 4. The fourth-order valence-corrected chi connectivity index (χ4v) is 5.77. The van der Waals surface area contributed by atoms with Crippen LogP contribution in [0.2, 0.25) is 0 Å². The topological polar surface area (TPSA) is 87.5 Å². The van der Waals surface area contributed by atoms with E-state index in [1.165, 1.54) is 6.20 Å². The second-order valence-electron chi connectivity index (χ2n) is 10.5. The molecule has 0 saturated carbocycles. The Hall–Kier alpha value is -5.50. The summed E-state index contributed by atoms with van der Waals surface area (Å²) >= 11 is 0. The Morgan fingerprint density at radius 2 is 1.21 bits per heavy atom. The Bertz CT molecular complexity index is 1880. The Morgan fingerprint density at radius 3 is 1.76 bits per heavy atom. The summed E-state index contributed by atoms with van der Waals surface area (Å²) in [7, 11) is 0. The third-order valence-electron chi connectivity index (χ3n) is 7.70. The molecular weight excluding hydrogens is 522 g/mol. The molecule has 0 bridgehead atoms. The van der Waals surface area contributed by atoms with Crippen LogP contribution in [-0.2, 0) is 0 Å². The van der Waals surface area contributed by atoms with Crippen molar-refractivity contribution in [3.8, 4) is 0 Å². The lowest BCUT2D eigenvalue weighted by Crippen LogP contribution is -2.24. The minimum atomic E-state index is -0.326. The normalized spacial score (nSPS) is 15.0. The average molecular weight is 550 g/mol. The number of hydrogen-bond acceptors (Lipinski definition) is 7. The molecule has 0 radical (unpaired) electrons. The van der Waals surface area contributed by atoms with E-state index in [2.05, 4.69) is 89.1 Å². The van der Waals surface area contributed by atoms with Gasteiger partial charge in [-0.1, -0.05) is 48.5 Å². The van der Waals surface area contributed by atoms with Gasteiger partial charge >= 0.3 is 0 Å². The van der Waals surface area contributed by atoms with E-state index in [0.717, 1.165) is 62.1 Å². The van der Waals surface area contributed by atoms with Crippen molar-refractivity contribution >= 4 is 51.7 Å². The summed E-state index contributed by atoms with van der Waals surface area (Å²) < 4.78 is 0. The first-order valence-electron chi connectivity index (χ1n) is 13.7. The van der Waals surface area contributed by atoms with Gasteiger partial charge in [0.1, 0.15) is 11.5 Å². The van der Waals surface area contributed by atoms with Crippen molar-refractivity contribution in [2.45, 2.75) is 27.7 Å². The van der Waals surface area contributed by atoms with E-state index >= 15 is 0 Å². The molecule has 2 aromatic heterocycles. The number of benzene rings is 3. The van der Waals surface area contributed by atoms with E-state index in [-0.39, 0.29) is 5.91 Å². The first-order chi connectivity index (χ1) is 20.4. The van der Waals surface area contributed by atoms with E-state index in [0.29, 0.717) is 16.8 Å². The molecule has 0 N–H and O–H groups in total. The minimum Gasteiger partial charge on any atom is -0.276 e. The van der Waals surface area contributed by atoms with Gasteiger partial charge in [-0.05, 0) is 80.3 Å². The molecular formula is C34H27N7O. The zero-order chi connectivity index (χ0) is 29.0. The summed E-state index contributed by atoms with van der Waals surface area (Å²) in [6, 6.07) is 22.2. The number of aryl methyl sites for hydroxylation is 4. The molecule has 204 valence electrons. The second-order valence-corrected chi connectivity index (χ2v) is 10.5. The zero-order valence-corrected chi connectivity index (χ0v) is 23.7. The van der Waals surface area contributed by atoms with Crippen molar-refractivity contribution in [3.63, 3.8) is 0 Å². The predicted octanol–water partition coefficient (Wildman–Crippen LogP) is 7.09. The lowest BCUT2D eigenvalue weighted by atomic mass is 10.0. The van der Waals surface area contributed by atoms with Gasteiger partial charge in [0, 0.05) is 11.8 Å². The van der Waals surface area contributed by atoms with Gasteiger partial charge in [-0.2, -0.15) is 5.10 Å². The molecule has 0 fully saturated rings. The van der Waals surface area contributed by atoms with E-state index in [1.807, 2.05) is 36.4 Å². The molecule has 0 aliphatic carbocycles. The molecule has 0 spiro atoms. The molecule has 5 aromatic rings. The fraction of sp³-hybridized carbons (Fsp3) is 0.118. The first kappa shape index (κ1) is 25.5. The third kappa shape index (κ3) is 3.99. The quantitative estimate of drug-likeness (QED) is 0.237. The van der Waals surface area contributed by atoms with Crippen LogP contribution in [0, 0.1) is 27.7 Å². The number of amides is 1. The van der Waals surface area contributed by atoms with Gasteiger partial charge in [0.2, 0.25) is 0 Å². The lowest BCUT2D eigenvalue weighted by molar-refractivity contribution is 0.100. The number of nitrogens with zero attached hydrogens (tertiary/aromatic N) is 7. The van der Waals surface area contributed by atoms with Crippen LogP contribution in [0.1, 0.15) is 38.3 Å². The zero-order valence-electron chi connectivity index (χ0n) is 23.7. The lowest BCUT2D eigenvalue weighted by Gasteiger charge is -2.28. The highest BCUT2D eigenvalue weighted by Crippen LogP contribution is 2.51. The summed E-state index contributed by atoms with van der Waals surface area (Å²) in [5.74, 6) is 2.00. The number of hydrogen-bond donors (Lipinski definition) is 0. The summed E-state index contributed by atoms with van der Waals surface area (Å²) in [4.78, 5) is 31.3. The molecule has 8 heteroatoms. The maximum Gasteiger partial charge on any atom is 0.279 e. The van der Waals surface area contributed by atoms with Crippen LogP contribution in [0.5, 0.6) is 0 Å². The number of para-hydroxylation sites is 4. The van der Waals surface area contributed by atoms with Crippen LogP contribution >= 0.6 is 0 Å². The molecule has 1 amide bonds. The van der Waals surface area contributed by atoms with Gasteiger partial charge < -0.3 is 0 Å². The van der Waals surface area contributed by atoms with Gasteiger partial charge in [0.15, 0.2) is 11.6 Å². The van der Waals surface area contributed by atoms with Crippen molar-refractivity contribution in [2.75, 3.05) is 9.80 Å². The van der Waals surface area contributed by atoms with Crippen molar-refractivity contribution in [1.29, 1.82) is 0 Å². The third-order valence-corrected chi connectivity index (χ3v) is 7.70. The molecule has 0 atom stereocenters. The van der Waals surface area contributed by atoms with Crippen LogP contribution < -0.4 is 9.80 Å². The number of rotatable bonds is 3. The Labute approximate surface area is 243 Å². The molecule has 0 saturated heterocycles. The molecule has 3 aromatic carbocycles. The minimum absolute atomic E-state index is 0.326. The van der Waals surface area contributed by atoms with Crippen LogP contribution in [0.15, 0.2) is 95.9 Å². The molecule has 42 heavy (non-hydrogen) atoms. The van der Waals surface area contributed by atoms with Crippen molar-refractivity contribution in [3.05, 3.63) is 124 Å². The molecule has 2 aliphatic heterocycles. The van der Waals surface area contributed by atoms with Crippen molar-refractivity contribution in [1.82, 2.24) is 20.2 Å². The summed E-state index contributed by atoms with van der Waals surface area (Å²) in [5, 5.41) is 8.30. The molecule has 4 heterocycles. The van der Waals surface area contributed by atoms with Gasteiger partial charge in [-0.25, -0.2) is 15.0 Å². The summed E-state index contributed by atoms with van der Waals surface area (Å²) in [5.41, 5.74) is 9.77. The number of carbonyl (C=O) groups excluding carboxylic acids is 1. The number of anilines is 4. The van der Waals surface area contributed by atoms with E-state index in [9.17, 15) is 4.79 Å². The smallest absolute Gasteiger partial charge is 0.276 e. The van der Waals surface area contributed by atoms with Crippen LogP contribution in [0.3, 0.4) is 0 Å². The highest BCUT2D eigenvalue weighted by atomic mass is 16.1. The number of fused-ring (bicyclic) bond motifs is 3. The first-order valence-corrected chi connectivity index (χ1v) is 13.7. The summed E-state index contributed by atoms with van der Waals surface area (Å²) in [6.45, 7) is 8.44. The maximum atomic E-state index is 12.4. The average Bonchev–Trinajstić information content (AvgIpc) is 3.28. The van der Waals surface area contributed by atoms with Gasteiger partial charge in [-0.3, -0.25) is 14.6 Å². The number of allylic oxidation sites excluding steroid dienone is 3. The van der Waals surface area contributed by atoms with Crippen LogP contribution in [0.25, 0.3) is 16.6 Å². The Morgan fingerprint density at radius 1 is 0.667 bits per heavy atom. The predicted molar refractivity (Wildman–Crippen MR) is 167 cm³/mol. The molecule has 2 aliphatic rings. The number of carbonyl (C=O) groups is 1. The van der Waals surface area contributed by atoms with Gasteiger partial charge in [0.05, 0.1) is 34.2 Å². The van der Waals surface area contributed by atoms with E-state index in [4.69, 9.17) is 9.97 Å². The number of aliphatic imine (C=N–C) groups is 1. The van der Waals surface area contributed by atoms with Crippen LogP contribution in [0.4, 0.5) is 23.0 Å². The van der Waals surface area contributed by atoms with Gasteiger partial charge in [-0.15, -0.1) is 5.10 Å². The molecule has 7 rings (SSSR count). The summed E-state index contributed by atoms with van der Waals surface area (Å²) in [6.07, 6.45) is 7.03. The fourth-order valence-electron chi connectivity index (χ4n) is 5.77. The maximum absolute atomic E-state index is 12.4. The monoisotopic (exact) mass is 549 g/mol. The standard InChI is InChI=1S/C34H27N7O/c1-20-9-7-10-21(2)30(20)40-28(16-15-24-19-35-34(42)25-17-18-36-39-29(24)25)41(31-22(3)11-8-12-23(31)4)33-32(40)37-26-13-5-6-14-27(26)38-33/h5-19H,1-4H3/b24-15-. The highest BCUT2D eigenvalue weighted by Gasteiger charge is 2.39. The second kappa shape index (κ2) is 9.85. The Kier molecular flexibility index (Phi) is 5.97. The molecule has 8 nitrogen and oxygen atoms in total. The largest absolute Gasteiger partial charge is 0.279 e. The van der Waals surface area contributed by atoms with Crippen LogP contribution in [-0.4, -0.2) is 32.3 Å². The van der Waals surface area contributed by atoms with E-state index in [1.54, 1.807) is 12.3 Å². The molecule has 0 unspecified atom stereocenters. The van der Waals surface area contributed by atoms with E-state index < -0.39 is 0 Å².